The van der Waals surface area contributed by atoms with Crippen LogP contribution in [0.5, 0.6) is 11.8 Å². The zero-order chi connectivity index (χ0) is 26.9. The first-order chi connectivity index (χ1) is 17.6. The van der Waals surface area contributed by atoms with Crippen LogP contribution in [-0.4, -0.2) is 69.0 Å². The monoisotopic (exact) mass is 558 g/mol. The largest absolute Gasteiger partial charge is 0.479 e. The van der Waals surface area contributed by atoms with Crippen molar-refractivity contribution in [2.75, 3.05) is 18.9 Å². The molecular formula is C21H25ClF2N8O4S. The number of ether oxygens (including phenoxy) is 2. The van der Waals surface area contributed by atoms with E-state index < -0.39 is 39.5 Å². The molecule has 0 aromatic carbocycles. The predicted molar refractivity (Wildman–Crippen MR) is 129 cm³/mol. The fraction of sp³-hybridized carbons (Fsp3) is 0.524. The smallest absolute Gasteiger partial charge is 0.245 e. The van der Waals surface area contributed by atoms with Gasteiger partial charge in [-0.05, 0) is 19.8 Å². The van der Waals surface area contributed by atoms with Gasteiger partial charge in [0, 0.05) is 30.1 Å². The van der Waals surface area contributed by atoms with Crippen LogP contribution in [0.15, 0.2) is 18.7 Å². The molecule has 3 aromatic rings. The molecule has 1 aliphatic rings. The molecule has 0 amide bonds. The minimum Gasteiger partial charge on any atom is -0.479 e. The van der Waals surface area contributed by atoms with Gasteiger partial charge in [0.15, 0.2) is 5.69 Å². The Labute approximate surface area is 216 Å². The number of alkyl halides is 2. The summed E-state index contributed by atoms with van der Waals surface area (Å²) < 4.78 is 68.5. The maximum Gasteiger partial charge on any atom is 0.245 e. The fourth-order valence-corrected chi connectivity index (χ4v) is 5.39. The van der Waals surface area contributed by atoms with Crippen LogP contribution in [0.4, 0.5) is 14.7 Å². The first-order valence-corrected chi connectivity index (χ1v) is 13.2. The van der Waals surface area contributed by atoms with Crippen molar-refractivity contribution in [2.45, 2.75) is 50.2 Å². The lowest BCUT2D eigenvalue weighted by Gasteiger charge is -2.35. The molecule has 4 rings (SSSR count). The SMILES string of the molecule is COc1ncnc(OC)c1-n1c(NS(=O)(=O)C(C)C(C)c2ncc(Cl)cn2)nnc1[C@H]1CC[C@H]1C(F)F. The number of hydrogen-bond acceptors (Lipinski definition) is 10. The van der Waals surface area contributed by atoms with E-state index in [1.54, 1.807) is 6.92 Å². The molecule has 1 N–H and O–H groups in total. The molecule has 0 aliphatic heterocycles. The predicted octanol–water partition coefficient (Wildman–Crippen LogP) is 3.21. The second-order valence-corrected chi connectivity index (χ2v) is 11.0. The van der Waals surface area contributed by atoms with Crippen molar-refractivity contribution in [3.05, 3.63) is 35.4 Å². The van der Waals surface area contributed by atoms with Gasteiger partial charge in [-0.1, -0.05) is 18.5 Å². The number of halogens is 3. The highest BCUT2D eigenvalue weighted by molar-refractivity contribution is 7.93. The van der Waals surface area contributed by atoms with E-state index >= 15 is 0 Å². The minimum absolute atomic E-state index is 0.0113. The maximum absolute atomic E-state index is 13.6. The molecule has 0 spiro atoms. The van der Waals surface area contributed by atoms with E-state index in [1.807, 2.05) is 0 Å². The molecule has 0 radical (unpaired) electrons. The molecule has 3 aromatic heterocycles. The van der Waals surface area contributed by atoms with Crippen molar-refractivity contribution in [2.24, 2.45) is 5.92 Å². The number of nitrogens with one attached hydrogen (secondary N) is 1. The third-order valence-corrected chi connectivity index (χ3v) is 8.56. The van der Waals surface area contributed by atoms with E-state index in [2.05, 4.69) is 34.9 Å². The molecule has 1 saturated carbocycles. The van der Waals surface area contributed by atoms with Crippen LogP contribution in [-0.2, 0) is 10.0 Å². The summed E-state index contributed by atoms with van der Waals surface area (Å²) in [6, 6.07) is 0. The Morgan fingerprint density at radius 1 is 1.05 bits per heavy atom. The standard InChI is InChI=1S/C21H25ClF2N8O4S/c1-10(17-25-7-12(22)8-26-17)11(2)37(33,34)31-21-30-29-18(14-6-5-13(14)16(23)24)32(21)15-19(35-3)27-9-28-20(15)36-4/h7-11,13-14,16H,5-6H2,1-4H3,(H,30,31)/t10?,11?,13-,14+/m1/s1. The molecular weight excluding hydrogens is 534 g/mol. The van der Waals surface area contributed by atoms with Gasteiger partial charge in [-0.3, -0.25) is 9.29 Å². The molecule has 3 heterocycles. The van der Waals surface area contributed by atoms with Gasteiger partial charge in [-0.25, -0.2) is 27.2 Å². The van der Waals surface area contributed by atoms with Gasteiger partial charge in [0.1, 0.15) is 18.0 Å². The van der Waals surface area contributed by atoms with E-state index in [4.69, 9.17) is 21.1 Å². The first-order valence-electron chi connectivity index (χ1n) is 11.2. The highest BCUT2D eigenvalue weighted by atomic mass is 35.5. The van der Waals surface area contributed by atoms with Crippen LogP contribution in [0.1, 0.15) is 50.2 Å². The summed E-state index contributed by atoms with van der Waals surface area (Å²) in [5.74, 6) is -2.12. The molecule has 0 bridgehead atoms. The van der Waals surface area contributed by atoms with Crippen molar-refractivity contribution < 1.29 is 26.7 Å². The van der Waals surface area contributed by atoms with Crippen LogP contribution < -0.4 is 14.2 Å². The summed E-state index contributed by atoms with van der Waals surface area (Å²) in [4.78, 5) is 16.4. The highest BCUT2D eigenvalue weighted by Gasteiger charge is 2.43. The van der Waals surface area contributed by atoms with Gasteiger partial charge < -0.3 is 9.47 Å². The van der Waals surface area contributed by atoms with Gasteiger partial charge in [-0.2, -0.15) is 9.97 Å². The Bertz CT molecular complexity index is 1340. The van der Waals surface area contributed by atoms with Gasteiger partial charge in [0.05, 0.1) is 24.5 Å². The molecule has 200 valence electrons. The van der Waals surface area contributed by atoms with Crippen molar-refractivity contribution in [1.29, 1.82) is 0 Å². The van der Waals surface area contributed by atoms with Gasteiger partial charge in [0.2, 0.25) is 34.2 Å². The fourth-order valence-electron chi connectivity index (χ4n) is 4.06. The highest BCUT2D eigenvalue weighted by Crippen LogP contribution is 2.47. The minimum atomic E-state index is -4.13. The summed E-state index contributed by atoms with van der Waals surface area (Å²) >= 11 is 5.84. The van der Waals surface area contributed by atoms with Gasteiger partial charge in [0.25, 0.3) is 0 Å². The summed E-state index contributed by atoms with van der Waals surface area (Å²) in [7, 11) is -1.43. The molecule has 2 unspecified atom stereocenters. The van der Waals surface area contributed by atoms with Crippen LogP contribution in [0.25, 0.3) is 5.69 Å². The number of methoxy groups -OCH3 is 2. The Morgan fingerprint density at radius 3 is 2.19 bits per heavy atom. The first kappa shape index (κ1) is 26.9. The van der Waals surface area contributed by atoms with E-state index in [-0.39, 0.29) is 35.0 Å². The molecule has 12 nitrogen and oxygen atoms in total. The van der Waals surface area contributed by atoms with Crippen LogP contribution in [0.3, 0.4) is 0 Å². The van der Waals surface area contributed by atoms with Crippen LogP contribution >= 0.6 is 11.6 Å². The molecule has 0 saturated heterocycles. The van der Waals surface area contributed by atoms with E-state index in [1.165, 1.54) is 44.4 Å². The van der Waals surface area contributed by atoms with Crippen molar-refractivity contribution >= 4 is 27.6 Å². The summed E-state index contributed by atoms with van der Waals surface area (Å²) in [5.41, 5.74) is 0.0758. The molecule has 37 heavy (non-hydrogen) atoms. The molecule has 1 fully saturated rings. The van der Waals surface area contributed by atoms with Crippen LogP contribution in [0, 0.1) is 5.92 Å². The van der Waals surface area contributed by atoms with Crippen LogP contribution in [0.2, 0.25) is 5.02 Å². The topological polar surface area (TPSA) is 147 Å². The molecule has 4 atom stereocenters. The lowest BCUT2D eigenvalue weighted by Crippen LogP contribution is -2.33. The maximum atomic E-state index is 13.6. The number of rotatable bonds is 10. The van der Waals surface area contributed by atoms with E-state index in [9.17, 15) is 17.2 Å². The third kappa shape index (κ3) is 5.14. The van der Waals surface area contributed by atoms with Crippen molar-refractivity contribution in [3.8, 4) is 17.4 Å². The summed E-state index contributed by atoms with van der Waals surface area (Å²) in [6.07, 6.45) is 2.07. The summed E-state index contributed by atoms with van der Waals surface area (Å²) in [5, 5.41) is 7.40. The Hall–Kier alpha value is -3.20. The summed E-state index contributed by atoms with van der Waals surface area (Å²) in [6.45, 7) is 3.14. The van der Waals surface area contributed by atoms with Gasteiger partial charge >= 0.3 is 0 Å². The average molecular weight is 559 g/mol. The lowest BCUT2D eigenvalue weighted by atomic mass is 9.73. The zero-order valence-corrected chi connectivity index (χ0v) is 21.9. The van der Waals surface area contributed by atoms with Gasteiger partial charge in [-0.15, -0.1) is 10.2 Å². The molecule has 1 aliphatic carbocycles. The second-order valence-electron chi connectivity index (χ2n) is 8.54. The van der Waals surface area contributed by atoms with E-state index in [0.29, 0.717) is 17.9 Å². The normalized spacial score (nSPS) is 19.2. The van der Waals surface area contributed by atoms with E-state index in [0.717, 1.165) is 0 Å². The number of hydrogen-bond donors (Lipinski definition) is 1. The Balaban J connectivity index is 1.78. The Kier molecular flexibility index (Phi) is 7.73. The number of aromatic nitrogens is 7. The van der Waals surface area contributed by atoms with Crippen molar-refractivity contribution in [3.63, 3.8) is 0 Å². The average Bonchev–Trinajstić information content (AvgIpc) is 3.23. The lowest BCUT2D eigenvalue weighted by molar-refractivity contribution is 0.0139. The number of anilines is 1. The third-order valence-electron chi connectivity index (χ3n) is 6.51. The quantitative estimate of drug-likeness (QED) is 0.393. The Morgan fingerprint density at radius 2 is 1.68 bits per heavy atom. The molecule has 16 heteroatoms. The number of nitrogens with zero attached hydrogens (tertiary/aromatic N) is 7. The number of sulfonamides is 1. The van der Waals surface area contributed by atoms with Crippen molar-refractivity contribution in [1.82, 2.24) is 34.7 Å². The zero-order valence-electron chi connectivity index (χ0n) is 20.3. The second kappa shape index (κ2) is 10.7.